The molecular formula is C21H19FN4O2. The first-order chi connectivity index (χ1) is 13.6. The highest BCUT2D eigenvalue weighted by molar-refractivity contribution is 5.86. The lowest BCUT2D eigenvalue weighted by molar-refractivity contribution is 0.0963. The van der Waals surface area contributed by atoms with Gasteiger partial charge < -0.3 is 9.30 Å². The minimum atomic E-state index is -0.289. The van der Waals surface area contributed by atoms with Crippen LogP contribution < -0.4 is 5.56 Å². The number of hydrogen-bond donors (Lipinski definition) is 0. The zero-order chi connectivity index (χ0) is 19.3. The summed E-state index contributed by atoms with van der Waals surface area (Å²) in [5, 5.41) is 5.12. The van der Waals surface area contributed by atoms with Gasteiger partial charge in [-0.05, 0) is 43.5 Å². The van der Waals surface area contributed by atoms with Crippen LogP contribution >= 0.6 is 0 Å². The Morgan fingerprint density at radius 3 is 2.82 bits per heavy atom. The van der Waals surface area contributed by atoms with E-state index in [4.69, 9.17) is 4.74 Å². The summed E-state index contributed by atoms with van der Waals surface area (Å²) in [5.74, 6) is -0.289. The summed E-state index contributed by atoms with van der Waals surface area (Å²) in [7, 11) is 0. The lowest BCUT2D eigenvalue weighted by Crippen LogP contribution is -2.26. The van der Waals surface area contributed by atoms with Crippen molar-refractivity contribution in [2.45, 2.75) is 32.4 Å². The van der Waals surface area contributed by atoms with Crippen molar-refractivity contribution in [2.75, 3.05) is 6.61 Å². The number of hydrogen-bond acceptors (Lipinski definition) is 4. The smallest absolute Gasteiger partial charge is 0.261 e. The molecule has 1 aliphatic rings. The molecule has 0 spiro atoms. The second-order valence-corrected chi connectivity index (χ2v) is 7.17. The molecule has 3 aromatic heterocycles. The molecule has 0 bridgehead atoms. The molecule has 0 aliphatic carbocycles. The van der Waals surface area contributed by atoms with Crippen LogP contribution in [0.15, 0.2) is 47.5 Å². The molecule has 4 aromatic rings. The van der Waals surface area contributed by atoms with Gasteiger partial charge in [0.25, 0.3) is 5.56 Å². The number of aryl methyl sites for hydroxylation is 1. The van der Waals surface area contributed by atoms with Crippen molar-refractivity contribution in [3.8, 4) is 11.1 Å². The Labute approximate surface area is 160 Å². The first kappa shape index (κ1) is 17.1. The van der Waals surface area contributed by atoms with E-state index >= 15 is 0 Å². The van der Waals surface area contributed by atoms with Crippen LogP contribution in [-0.4, -0.2) is 31.9 Å². The first-order valence-electron chi connectivity index (χ1n) is 9.37. The maximum absolute atomic E-state index is 13.3. The number of fused-ring (bicyclic) bond motifs is 3. The summed E-state index contributed by atoms with van der Waals surface area (Å²) in [6, 6.07) is 8.16. The minimum absolute atomic E-state index is 0.0869. The van der Waals surface area contributed by atoms with E-state index in [1.807, 2.05) is 13.0 Å². The van der Waals surface area contributed by atoms with Crippen LogP contribution in [0.2, 0.25) is 0 Å². The van der Waals surface area contributed by atoms with E-state index in [9.17, 15) is 9.18 Å². The summed E-state index contributed by atoms with van der Waals surface area (Å²) < 4.78 is 22.3. The van der Waals surface area contributed by atoms with Gasteiger partial charge in [0.1, 0.15) is 5.82 Å². The van der Waals surface area contributed by atoms with Gasteiger partial charge in [0.2, 0.25) is 0 Å². The van der Waals surface area contributed by atoms with Crippen molar-refractivity contribution < 1.29 is 9.13 Å². The number of aromatic nitrogens is 4. The van der Waals surface area contributed by atoms with Gasteiger partial charge in [0.15, 0.2) is 5.65 Å². The Hall–Kier alpha value is -3.06. The fourth-order valence-corrected chi connectivity index (χ4v) is 3.92. The molecule has 0 N–H and O–H groups in total. The van der Waals surface area contributed by atoms with E-state index in [1.54, 1.807) is 33.6 Å². The molecule has 1 unspecified atom stereocenters. The van der Waals surface area contributed by atoms with Crippen molar-refractivity contribution >= 4 is 16.6 Å². The molecule has 142 valence electrons. The van der Waals surface area contributed by atoms with Crippen LogP contribution in [0.25, 0.3) is 27.7 Å². The monoisotopic (exact) mass is 378 g/mol. The molecule has 7 heteroatoms. The fraction of sp³-hybridized carbons (Fsp3) is 0.286. The van der Waals surface area contributed by atoms with Crippen molar-refractivity contribution in [1.82, 2.24) is 19.2 Å². The van der Waals surface area contributed by atoms with Crippen LogP contribution in [0.5, 0.6) is 0 Å². The van der Waals surface area contributed by atoms with Gasteiger partial charge in [-0.25, -0.2) is 13.9 Å². The van der Waals surface area contributed by atoms with Crippen molar-refractivity contribution in [3.05, 3.63) is 64.6 Å². The molecule has 1 fully saturated rings. The maximum atomic E-state index is 13.3. The third kappa shape index (κ3) is 2.70. The van der Waals surface area contributed by atoms with E-state index in [1.165, 1.54) is 12.1 Å². The van der Waals surface area contributed by atoms with Crippen LogP contribution in [0, 0.1) is 12.7 Å². The Morgan fingerprint density at radius 1 is 1.25 bits per heavy atom. The molecule has 4 heterocycles. The Morgan fingerprint density at radius 2 is 2.07 bits per heavy atom. The number of nitrogens with zero attached hydrogens (tertiary/aromatic N) is 4. The van der Waals surface area contributed by atoms with E-state index in [0.717, 1.165) is 36.3 Å². The van der Waals surface area contributed by atoms with Crippen LogP contribution in [-0.2, 0) is 11.3 Å². The topological polar surface area (TPSA) is 61.4 Å². The average Bonchev–Trinajstić information content (AvgIpc) is 3.32. The average molecular weight is 378 g/mol. The predicted octanol–water partition coefficient (Wildman–Crippen LogP) is 3.34. The normalized spacial score (nSPS) is 17.0. The summed E-state index contributed by atoms with van der Waals surface area (Å²) in [5.41, 5.74) is 3.70. The summed E-state index contributed by atoms with van der Waals surface area (Å²) in [4.78, 5) is 17.5. The summed E-state index contributed by atoms with van der Waals surface area (Å²) in [6.45, 7) is 3.19. The lowest BCUT2D eigenvalue weighted by atomic mass is 10.1. The SMILES string of the molecule is Cc1nn2c(ncc3c(=O)n(CC4CCCO4)ccc32)c1-c1ccc(F)cc1. The molecule has 1 aliphatic heterocycles. The van der Waals surface area contributed by atoms with Gasteiger partial charge >= 0.3 is 0 Å². The van der Waals surface area contributed by atoms with Crippen molar-refractivity contribution in [2.24, 2.45) is 0 Å². The lowest BCUT2D eigenvalue weighted by Gasteiger charge is -2.12. The highest BCUT2D eigenvalue weighted by Crippen LogP contribution is 2.28. The number of ether oxygens (including phenoxy) is 1. The van der Waals surface area contributed by atoms with Crippen LogP contribution in [0.1, 0.15) is 18.5 Å². The number of pyridine rings is 1. The van der Waals surface area contributed by atoms with Crippen LogP contribution in [0.3, 0.4) is 0 Å². The first-order valence-corrected chi connectivity index (χ1v) is 9.37. The number of benzene rings is 1. The Kier molecular flexibility index (Phi) is 3.98. The number of rotatable bonds is 3. The van der Waals surface area contributed by atoms with Gasteiger partial charge in [-0.3, -0.25) is 4.79 Å². The second kappa shape index (κ2) is 6.53. The Bertz CT molecular complexity index is 1240. The molecule has 1 atom stereocenters. The molecule has 1 aromatic carbocycles. The van der Waals surface area contributed by atoms with Crippen molar-refractivity contribution in [1.29, 1.82) is 0 Å². The van der Waals surface area contributed by atoms with Crippen molar-refractivity contribution in [3.63, 3.8) is 0 Å². The highest BCUT2D eigenvalue weighted by atomic mass is 19.1. The van der Waals surface area contributed by atoms with E-state index < -0.39 is 0 Å². The third-order valence-corrected chi connectivity index (χ3v) is 5.32. The molecule has 1 saturated heterocycles. The summed E-state index contributed by atoms with van der Waals surface area (Å²) in [6.07, 6.45) is 5.49. The molecule has 0 radical (unpaired) electrons. The molecule has 5 rings (SSSR count). The van der Waals surface area contributed by atoms with Gasteiger partial charge in [-0.15, -0.1) is 0 Å². The molecule has 0 amide bonds. The third-order valence-electron chi connectivity index (χ3n) is 5.32. The highest BCUT2D eigenvalue weighted by Gasteiger charge is 2.19. The molecular weight excluding hydrogens is 359 g/mol. The van der Waals surface area contributed by atoms with Crippen LogP contribution in [0.4, 0.5) is 4.39 Å². The van der Waals surface area contributed by atoms with Gasteiger partial charge in [-0.1, -0.05) is 12.1 Å². The Balaban J connectivity index is 1.66. The van der Waals surface area contributed by atoms with E-state index in [0.29, 0.717) is 23.1 Å². The zero-order valence-electron chi connectivity index (χ0n) is 15.4. The molecule has 28 heavy (non-hydrogen) atoms. The second-order valence-electron chi connectivity index (χ2n) is 7.17. The van der Waals surface area contributed by atoms with Gasteiger partial charge in [-0.2, -0.15) is 5.10 Å². The molecule has 6 nitrogen and oxygen atoms in total. The largest absolute Gasteiger partial charge is 0.376 e. The summed E-state index contributed by atoms with van der Waals surface area (Å²) >= 11 is 0. The maximum Gasteiger partial charge on any atom is 0.261 e. The van der Waals surface area contributed by atoms with E-state index in [-0.39, 0.29) is 17.5 Å². The van der Waals surface area contributed by atoms with Gasteiger partial charge in [0.05, 0.1) is 29.2 Å². The van der Waals surface area contributed by atoms with Gasteiger partial charge in [0, 0.05) is 24.6 Å². The fourth-order valence-electron chi connectivity index (χ4n) is 3.92. The quantitative estimate of drug-likeness (QED) is 0.549. The zero-order valence-corrected chi connectivity index (χ0v) is 15.4. The minimum Gasteiger partial charge on any atom is -0.376 e. The predicted molar refractivity (Wildman–Crippen MR) is 104 cm³/mol. The molecule has 0 saturated carbocycles. The standard InChI is InChI=1S/C21H19FN4O2/c1-13-19(14-4-6-15(22)7-5-14)20-23-11-17-18(26(20)24-13)8-9-25(21(17)27)12-16-3-2-10-28-16/h4-9,11,16H,2-3,10,12H2,1H3. The number of halogens is 1. The van der Waals surface area contributed by atoms with E-state index in [2.05, 4.69) is 10.1 Å².